The molecule has 116 valence electrons. The number of rotatable bonds is 2. The Hall–Kier alpha value is -2.82. The van der Waals surface area contributed by atoms with Gasteiger partial charge < -0.3 is 9.64 Å². The van der Waals surface area contributed by atoms with E-state index in [1.807, 2.05) is 24.3 Å². The summed E-state index contributed by atoms with van der Waals surface area (Å²) < 4.78 is 5.19. The highest BCUT2D eigenvalue weighted by molar-refractivity contribution is 6.21. The third-order valence-electron chi connectivity index (χ3n) is 4.50. The van der Waals surface area contributed by atoms with E-state index < -0.39 is 6.04 Å². The highest BCUT2D eigenvalue weighted by Crippen LogP contribution is 2.33. The lowest BCUT2D eigenvalue weighted by molar-refractivity contribution is -0.119. The van der Waals surface area contributed by atoms with Crippen LogP contribution in [0.2, 0.25) is 0 Å². The van der Waals surface area contributed by atoms with Crippen LogP contribution < -0.4 is 9.64 Å². The van der Waals surface area contributed by atoms with Gasteiger partial charge in [-0.1, -0.05) is 30.3 Å². The number of methoxy groups -OCH3 is 1. The van der Waals surface area contributed by atoms with Gasteiger partial charge >= 0.3 is 6.03 Å². The largest absolute Gasteiger partial charge is 0.497 e. The lowest BCUT2D eigenvalue weighted by Crippen LogP contribution is -2.39. The van der Waals surface area contributed by atoms with Crippen LogP contribution in [-0.2, 0) is 17.8 Å². The third-order valence-corrected chi connectivity index (χ3v) is 4.50. The topological polar surface area (TPSA) is 49.9 Å². The van der Waals surface area contributed by atoms with Crippen LogP contribution in [0, 0.1) is 0 Å². The molecule has 0 N–H and O–H groups in total. The number of carbonyl (C=O) groups excluding carboxylic acids is 2. The van der Waals surface area contributed by atoms with E-state index in [4.69, 9.17) is 4.74 Å². The fourth-order valence-corrected chi connectivity index (χ4v) is 3.30. The molecule has 3 amide bonds. The zero-order chi connectivity index (χ0) is 16.0. The molecule has 2 aliphatic rings. The van der Waals surface area contributed by atoms with Crippen molar-refractivity contribution in [3.8, 4) is 5.75 Å². The number of imide groups is 1. The average molecular weight is 308 g/mol. The summed E-state index contributed by atoms with van der Waals surface area (Å²) in [6.45, 7) is 0.478. The van der Waals surface area contributed by atoms with Gasteiger partial charge in [0.2, 0.25) is 0 Å². The van der Waals surface area contributed by atoms with E-state index in [-0.39, 0.29) is 11.9 Å². The van der Waals surface area contributed by atoms with Gasteiger partial charge in [-0.3, -0.25) is 4.79 Å². The third kappa shape index (κ3) is 2.08. The Morgan fingerprint density at radius 3 is 2.61 bits per heavy atom. The number of hydrogen-bond donors (Lipinski definition) is 0. The van der Waals surface area contributed by atoms with Gasteiger partial charge in [0, 0.05) is 19.0 Å². The Balaban J connectivity index is 1.71. The first-order valence-electron chi connectivity index (χ1n) is 7.54. The molecular formula is C18H16N2O3. The van der Waals surface area contributed by atoms with E-state index in [0.717, 1.165) is 11.1 Å². The van der Waals surface area contributed by atoms with E-state index >= 15 is 0 Å². The van der Waals surface area contributed by atoms with E-state index in [1.54, 1.807) is 36.3 Å². The molecule has 0 aliphatic carbocycles. The fraction of sp³-hybridized carbons (Fsp3) is 0.222. The number of urea groups is 1. The number of fused-ring (bicyclic) bond motifs is 2. The van der Waals surface area contributed by atoms with Gasteiger partial charge in [-0.25, -0.2) is 9.69 Å². The van der Waals surface area contributed by atoms with Crippen molar-refractivity contribution in [2.24, 2.45) is 0 Å². The predicted octanol–water partition coefficient (Wildman–Crippen LogP) is 2.59. The van der Waals surface area contributed by atoms with Gasteiger partial charge in [0.25, 0.3) is 5.91 Å². The van der Waals surface area contributed by atoms with Gasteiger partial charge in [0.05, 0.1) is 12.8 Å². The second kappa shape index (κ2) is 5.12. The van der Waals surface area contributed by atoms with Crippen molar-refractivity contribution in [2.45, 2.75) is 19.0 Å². The molecule has 5 nitrogen and oxygen atoms in total. The molecule has 0 radical (unpaired) electrons. The standard InChI is InChI=1S/C18H16N2O3/c1-23-15-8-4-7-14(10-15)20-17(21)16-9-12-5-2-3-6-13(12)11-19(16)18(20)22/h2-8,10,16H,9,11H2,1H3/t16-/m1/s1. The number of amides is 3. The smallest absolute Gasteiger partial charge is 0.332 e. The van der Waals surface area contributed by atoms with Crippen LogP contribution in [0.15, 0.2) is 48.5 Å². The average Bonchev–Trinajstić information content (AvgIpc) is 2.83. The molecule has 1 fully saturated rings. The van der Waals surface area contributed by atoms with Gasteiger partial charge in [0.1, 0.15) is 11.8 Å². The number of carbonyl (C=O) groups is 2. The summed E-state index contributed by atoms with van der Waals surface area (Å²) >= 11 is 0. The SMILES string of the molecule is COc1cccc(N2C(=O)[C@H]3Cc4ccccc4CN3C2=O)c1. The van der Waals surface area contributed by atoms with Crippen molar-refractivity contribution in [2.75, 3.05) is 12.0 Å². The number of nitrogens with zero attached hydrogens (tertiary/aromatic N) is 2. The van der Waals surface area contributed by atoms with E-state index in [9.17, 15) is 9.59 Å². The highest BCUT2D eigenvalue weighted by Gasteiger charge is 2.47. The summed E-state index contributed by atoms with van der Waals surface area (Å²) in [6, 6.07) is 14.3. The lowest BCUT2D eigenvalue weighted by atomic mass is 9.95. The van der Waals surface area contributed by atoms with Crippen molar-refractivity contribution in [3.63, 3.8) is 0 Å². The minimum Gasteiger partial charge on any atom is -0.497 e. The summed E-state index contributed by atoms with van der Waals surface area (Å²) in [5, 5.41) is 0. The molecule has 2 heterocycles. The van der Waals surface area contributed by atoms with E-state index in [0.29, 0.717) is 24.4 Å². The van der Waals surface area contributed by atoms with Gasteiger partial charge in [0.15, 0.2) is 0 Å². The summed E-state index contributed by atoms with van der Waals surface area (Å²) in [6.07, 6.45) is 0.571. The van der Waals surface area contributed by atoms with Crippen LogP contribution in [0.5, 0.6) is 5.75 Å². The van der Waals surface area contributed by atoms with Crippen LogP contribution in [0.25, 0.3) is 0 Å². The van der Waals surface area contributed by atoms with Crippen LogP contribution in [0.3, 0.4) is 0 Å². The Morgan fingerprint density at radius 2 is 1.83 bits per heavy atom. The molecule has 1 atom stereocenters. The molecule has 2 aromatic rings. The molecule has 4 rings (SSSR count). The maximum absolute atomic E-state index is 12.8. The summed E-state index contributed by atoms with van der Waals surface area (Å²) in [5.41, 5.74) is 2.80. The summed E-state index contributed by atoms with van der Waals surface area (Å²) in [5.74, 6) is 0.453. The summed E-state index contributed by atoms with van der Waals surface area (Å²) in [7, 11) is 1.56. The monoisotopic (exact) mass is 308 g/mol. The molecule has 2 aliphatic heterocycles. The van der Waals surface area contributed by atoms with Crippen LogP contribution >= 0.6 is 0 Å². The fourth-order valence-electron chi connectivity index (χ4n) is 3.30. The van der Waals surface area contributed by atoms with Crippen molar-refractivity contribution >= 4 is 17.6 Å². The van der Waals surface area contributed by atoms with E-state index in [2.05, 4.69) is 0 Å². The van der Waals surface area contributed by atoms with Gasteiger partial charge in [-0.2, -0.15) is 0 Å². The van der Waals surface area contributed by atoms with Gasteiger partial charge in [-0.05, 0) is 23.3 Å². The molecule has 0 spiro atoms. The second-order valence-electron chi connectivity index (χ2n) is 5.77. The maximum atomic E-state index is 12.8. The molecular weight excluding hydrogens is 292 g/mol. The number of hydrogen-bond acceptors (Lipinski definition) is 3. The molecule has 23 heavy (non-hydrogen) atoms. The molecule has 0 aromatic heterocycles. The number of ether oxygens (including phenoxy) is 1. The number of anilines is 1. The Morgan fingerprint density at radius 1 is 1.04 bits per heavy atom. The normalized spacial score (nSPS) is 19.6. The Labute approximate surface area is 134 Å². The van der Waals surface area contributed by atoms with Crippen LogP contribution in [0.4, 0.5) is 10.5 Å². The Bertz CT molecular complexity index is 759. The predicted molar refractivity (Wildman–Crippen MR) is 85.4 cm³/mol. The van der Waals surface area contributed by atoms with Crippen molar-refractivity contribution in [1.82, 2.24) is 4.90 Å². The van der Waals surface area contributed by atoms with Crippen molar-refractivity contribution in [1.29, 1.82) is 0 Å². The second-order valence-corrected chi connectivity index (χ2v) is 5.77. The number of benzene rings is 2. The summed E-state index contributed by atoms with van der Waals surface area (Å²) in [4.78, 5) is 28.5. The first-order chi connectivity index (χ1) is 11.2. The quantitative estimate of drug-likeness (QED) is 0.801. The zero-order valence-corrected chi connectivity index (χ0v) is 12.7. The molecule has 0 bridgehead atoms. The maximum Gasteiger partial charge on any atom is 0.332 e. The molecule has 0 unspecified atom stereocenters. The molecule has 1 saturated heterocycles. The molecule has 2 aromatic carbocycles. The van der Waals surface area contributed by atoms with Gasteiger partial charge in [-0.15, -0.1) is 0 Å². The zero-order valence-electron chi connectivity index (χ0n) is 12.7. The molecule has 5 heteroatoms. The minimum atomic E-state index is -0.413. The van der Waals surface area contributed by atoms with Crippen molar-refractivity contribution < 1.29 is 14.3 Å². The van der Waals surface area contributed by atoms with Crippen molar-refractivity contribution in [3.05, 3.63) is 59.7 Å². The minimum absolute atomic E-state index is 0.169. The Kier molecular flexibility index (Phi) is 3.08. The lowest BCUT2D eigenvalue weighted by Gasteiger charge is -2.28. The first-order valence-corrected chi connectivity index (χ1v) is 7.54. The molecule has 0 saturated carbocycles. The van der Waals surface area contributed by atoms with E-state index in [1.165, 1.54) is 4.90 Å². The highest BCUT2D eigenvalue weighted by atomic mass is 16.5. The first kappa shape index (κ1) is 13.8. The van der Waals surface area contributed by atoms with Crippen LogP contribution in [-0.4, -0.2) is 30.0 Å². The van der Waals surface area contributed by atoms with Crippen LogP contribution in [0.1, 0.15) is 11.1 Å².